The van der Waals surface area contributed by atoms with Crippen LogP contribution in [0.3, 0.4) is 0 Å². The standard InChI is InChI=1S/C19H19N3O6/c1-9-6-12(11(3)27-9)14-7-13(16-10(2)21-28-17(16)20-14)18(23)22-4-5-26-8-15(22)19(24)25/h6-7,15H,4-5,8H2,1-3H3,(H,24,25). The van der Waals surface area contributed by atoms with Gasteiger partial charge in [-0.3, -0.25) is 4.79 Å². The lowest BCUT2D eigenvalue weighted by atomic mass is 10.0. The van der Waals surface area contributed by atoms with Crippen molar-refractivity contribution in [3.8, 4) is 11.3 Å². The Morgan fingerprint density at radius 3 is 2.71 bits per heavy atom. The molecule has 1 amide bonds. The summed E-state index contributed by atoms with van der Waals surface area (Å²) in [5.74, 6) is -0.153. The van der Waals surface area contributed by atoms with E-state index in [9.17, 15) is 14.7 Å². The van der Waals surface area contributed by atoms with E-state index in [1.54, 1.807) is 13.0 Å². The molecule has 9 heteroatoms. The number of carbonyl (C=O) groups is 2. The van der Waals surface area contributed by atoms with Crippen LogP contribution in [0.2, 0.25) is 0 Å². The summed E-state index contributed by atoms with van der Waals surface area (Å²) in [7, 11) is 0. The third-order valence-corrected chi connectivity index (χ3v) is 4.84. The third kappa shape index (κ3) is 2.93. The predicted octanol–water partition coefficient (Wildman–Crippen LogP) is 2.33. The summed E-state index contributed by atoms with van der Waals surface area (Å²) < 4.78 is 16.1. The van der Waals surface area contributed by atoms with Crippen LogP contribution >= 0.6 is 0 Å². The Morgan fingerprint density at radius 2 is 2.04 bits per heavy atom. The van der Waals surface area contributed by atoms with Crippen LogP contribution in [0.1, 0.15) is 27.6 Å². The first-order chi connectivity index (χ1) is 13.4. The Morgan fingerprint density at radius 1 is 1.25 bits per heavy atom. The topological polar surface area (TPSA) is 119 Å². The minimum atomic E-state index is -1.11. The van der Waals surface area contributed by atoms with Gasteiger partial charge in [-0.1, -0.05) is 5.16 Å². The van der Waals surface area contributed by atoms with Crippen LogP contribution < -0.4 is 0 Å². The van der Waals surface area contributed by atoms with E-state index in [1.165, 1.54) is 4.90 Å². The first-order valence-electron chi connectivity index (χ1n) is 8.82. The van der Waals surface area contributed by atoms with Crippen LogP contribution in [-0.2, 0) is 9.53 Å². The van der Waals surface area contributed by atoms with Crippen molar-refractivity contribution in [2.45, 2.75) is 26.8 Å². The molecule has 1 atom stereocenters. The highest BCUT2D eigenvalue weighted by molar-refractivity contribution is 6.08. The maximum atomic E-state index is 13.3. The molecule has 1 aliphatic rings. The molecule has 0 spiro atoms. The second kappa shape index (κ2) is 6.75. The molecule has 1 fully saturated rings. The van der Waals surface area contributed by atoms with Crippen molar-refractivity contribution >= 4 is 23.0 Å². The maximum absolute atomic E-state index is 13.3. The minimum Gasteiger partial charge on any atom is -0.480 e. The molecule has 4 rings (SSSR count). The number of carbonyl (C=O) groups excluding carboxylic acids is 1. The fourth-order valence-electron chi connectivity index (χ4n) is 3.49. The number of aryl methyl sites for hydroxylation is 3. The van der Waals surface area contributed by atoms with Crippen molar-refractivity contribution in [3.63, 3.8) is 0 Å². The molecule has 0 aliphatic carbocycles. The van der Waals surface area contributed by atoms with Crippen LogP contribution in [0.25, 0.3) is 22.4 Å². The van der Waals surface area contributed by atoms with Gasteiger partial charge in [0.05, 0.1) is 35.6 Å². The molecule has 1 aliphatic heterocycles. The average molecular weight is 385 g/mol. The number of morpholine rings is 1. The lowest BCUT2D eigenvalue weighted by Crippen LogP contribution is -2.52. The number of pyridine rings is 1. The van der Waals surface area contributed by atoms with E-state index in [0.29, 0.717) is 28.1 Å². The number of ether oxygens (including phenoxy) is 1. The number of aromatic nitrogens is 2. The Bertz CT molecular complexity index is 1080. The maximum Gasteiger partial charge on any atom is 0.328 e. The van der Waals surface area contributed by atoms with Gasteiger partial charge in [0, 0.05) is 12.1 Å². The molecule has 0 radical (unpaired) electrons. The second-order valence-electron chi connectivity index (χ2n) is 6.76. The average Bonchev–Trinajstić information content (AvgIpc) is 3.22. The number of fused-ring (bicyclic) bond motifs is 1. The molecule has 146 valence electrons. The molecular weight excluding hydrogens is 366 g/mol. The molecule has 1 N–H and O–H groups in total. The quantitative estimate of drug-likeness (QED) is 0.730. The summed E-state index contributed by atoms with van der Waals surface area (Å²) in [5.41, 5.74) is 2.26. The van der Waals surface area contributed by atoms with Crippen LogP contribution in [-0.4, -0.2) is 57.8 Å². The number of rotatable bonds is 3. The molecule has 4 heterocycles. The lowest BCUT2D eigenvalue weighted by Gasteiger charge is -2.33. The van der Waals surface area contributed by atoms with Gasteiger partial charge in [-0.15, -0.1) is 0 Å². The Hall–Kier alpha value is -3.20. The molecule has 0 saturated carbocycles. The highest BCUT2D eigenvalue weighted by Gasteiger charge is 2.35. The van der Waals surface area contributed by atoms with Crippen molar-refractivity contribution in [1.29, 1.82) is 0 Å². The van der Waals surface area contributed by atoms with Crippen molar-refractivity contribution in [2.75, 3.05) is 19.8 Å². The molecule has 9 nitrogen and oxygen atoms in total. The molecule has 1 saturated heterocycles. The molecule has 0 aromatic carbocycles. The highest BCUT2D eigenvalue weighted by Crippen LogP contribution is 2.31. The number of carboxylic acids is 1. The summed E-state index contributed by atoms with van der Waals surface area (Å²) in [6.07, 6.45) is 0. The lowest BCUT2D eigenvalue weighted by molar-refractivity contribution is -0.147. The number of furan rings is 1. The fourth-order valence-corrected chi connectivity index (χ4v) is 3.49. The van der Waals surface area contributed by atoms with Crippen molar-refractivity contribution < 1.29 is 28.4 Å². The number of nitrogens with zero attached hydrogens (tertiary/aromatic N) is 3. The smallest absolute Gasteiger partial charge is 0.328 e. The highest BCUT2D eigenvalue weighted by atomic mass is 16.5. The van der Waals surface area contributed by atoms with Crippen molar-refractivity contribution in [1.82, 2.24) is 15.0 Å². The van der Waals surface area contributed by atoms with E-state index >= 15 is 0 Å². The summed E-state index contributed by atoms with van der Waals surface area (Å²) >= 11 is 0. The van der Waals surface area contributed by atoms with Crippen LogP contribution in [0.15, 0.2) is 21.1 Å². The van der Waals surface area contributed by atoms with Gasteiger partial charge in [0.1, 0.15) is 11.5 Å². The summed E-state index contributed by atoms with van der Waals surface area (Å²) in [6.45, 7) is 5.76. The van der Waals surface area contributed by atoms with Crippen molar-refractivity contribution in [3.05, 3.63) is 34.9 Å². The van der Waals surface area contributed by atoms with Crippen LogP contribution in [0.4, 0.5) is 0 Å². The summed E-state index contributed by atoms with van der Waals surface area (Å²) in [4.78, 5) is 30.7. The minimum absolute atomic E-state index is 0.0508. The second-order valence-corrected chi connectivity index (χ2v) is 6.76. The van der Waals surface area contributed by atoms with Crippen LogP contribution in [0.5, 0.6) is 0 Å². The Labute approximate surface area is 159 Å². The van der Waals surface area contributed by atoms with E-state index in [4.69, 9.17) is 13.7 Å². The van der Waals surface area contributed by atoms with Gasteiger partial charge in [0.2, 0.25) is 0 Å². The monoisotopic (exact) mass is 385 g/mol. The largest absolute Gasteiger partial charge is 0.480 e. The molecule has 0 bridgehead atoms. The molecule has 1 unspecified atom stereocenters. The van der Waals surface area contributed by atoms with Gasteiger partial charge in [-0.25, -0.2) is 9.78 Å². The number of aliphatic carboxylic acids is 1. The van der Waals surface area contributed by atoms with Gasteiger partial charge in [-0.2, -0.15) is 0 Å². The van der Waals surface area contributed by atoms with Crippen LogP contribution in [0, 0.1) is 20.8 Å². The van der Waals surface area contributed by atoms with E-state index in [-0.39, 0.29) is 25.5 Å². The number of amides is 1. The normalized spacial score (nSPS) is 17.2. The zero-order valence-corrected chi connectivity index (χ0v) is 15.7. The zero-order chi connectivity index (χ0) is 20.0. The van der Waals surface area contributed by atoms with Gasteiger partial charge in [-0.05, 0) is 32.9 Å². The predicted molar refractivity (Wildman–Crippen MR) is 97.0 cm³/mol. The number of hydrogen-bond donors (Lipinski definition) is 1. The number of carboxylic acid groups (broad SMARTS) is 1. The van der Waals surface area contributed by atoms with Gasteiger partial charge in [0.25, 0.3) is 11.6 Å². The summed E-state index contributed by atoms with van der Waals surface area (Å²) in [5, 5.41) is 13.9. The number of hydrogen-bond acceptors (Lipinski definition) is 7. The molecule has 3 aromatic heterocycles. The zero-order valence-electron chi connectivity index (χ0n) is 15.7. The Balaban J connectivity index is 1.87. The molecule has 3 aromatic rings. The van der Waals surface area contributed by atoms with Crippen molar-refractivity contribution in [2.24, 2.45) is 0 Å². The van der Waals surface area contributed by atoms with E-state index in [0.717, 1.165) is 11.3 Å². The van der Waals surface area contributed by atoms with E-state index in [2.05, 4.69) is 10.1 Å². The van der Waals surface area contributed by atoms with Gasteiger partial charge >= 0.3 is 5.97 Å². The van der Waals surface area contributed by atoms with Gasteiger partial charge in [0.15, 0.2) is 6.04 Å². The third-order valence-electron chi connectivity index (χ3n) is 4.84. The molecule has 28 heavy (non-hydrogen) atoms. The van der Waals surface area contributed by atoms with E-state index in [1.807, 2.05) is 19.9 Å². The van der Waals surface area contributed by atoms with Gasteiger partial charge < -0.3 is 23.7 Å². The SMILES string of the molecule is Cc1cc(-c2cc(C(=O)N3CCOCC3C(=O)O)c3c(C)noc3n2)c(C)o1. The first-order valence-corrected chi connectivity index (χ1v) is 8.82. The molecular formula is C19H19N3O6. The first kappa shape index (κ1) is 18.2. The summed E-state index contributed by atoms with van der Waals surface area (Å²) in [6, 6.07) is 2.42. The Kier molecular flexibility index (Phi) is 4.38. The fraction of sp³-hybridized carbons (Fsp3) is 0.368. The van der Waals surface area contributed by atoms with E-state index < -0.39 is 17.9 Å².